The smallest absolute Gasteiger partial charge is 0.330 e. The predicted octanol–water partition coefficient (Wildman–Crippen LogP) is 4.04. The first-order valence-corrected chi connectivity index (χ1v) is 6.86. The molecule has 0 unspecified atom stereocenters. The summed E-state index contributed by atoms with van der Waals surface area (Å²) < 4.78 is 29.3. The molecule has 0 fully saturated rings. The highest BCUT2D eigenvalue weighted by atomic mass is 19.1. The molecule has 3 nitrogen and oxygen atoms in total. The lowest BCUT2D eigenvalue weighted by atomic mass is 10.2. The number of esters is 1. The van der Waals surface area contributed by atoms with Crippen LogP contribution in [0, 0.1) is 11.6 Å². The fourth-order valence-electron chi connectivity index (χ4n) is 1.47. The van der Waals surface area contributed by atoms with Crippen molar-refractivity contribution < 1.29 is 23.1 Å². The van der Waals surface area contributed by atoms with E-state index in [4.69, 9.17) is 0 Å². The number of benzene rings is 2. The average Bonchev–Trinajstić information content (AvgIpc) is 2.56. The molecule has 0 heterocycles. The van der Waals surface area contributed by atoms with Gasteiger partial charge in [0.1, 0.15) is 17.9 Å². The third kappa shape index (κ3) is 7.66. The van der Waals surface area contributed by atoms with Crippen LogP contribution < -0.4 is 0 Å². The van der Waals surface area contributed by atoms with Gasteiger partial charge in [-0.2, -0.15) is 0 Å². The molecule has 0 saturated heterocycles. The topological polar surface area (TPSA) is 43.4 Å². The van der Waals surface area contributed by atoms with Crippen LogP contribution in [-0.4, -0.2) is 18.9 Å². The number of carbonyl (C=O) groups is 2. The highest BCUT2D eigenvalue weighted by Gasteiger charge is 1.94. The summed E-state index contributed by atoms with van der Waals surface area (Å²) in [6.45, 7) is 2.09. The van der Waals surface area contributed by atoms with Crippen molar-refractivity contribution in [2.45, 2.75) is 6.92 Å². The lowest BCUT2D eigenvalue weighted by molar-refractivity contribution is -0.137. The van der Waals surface area contributed by atoms with Crippen LogP contribution in [0.2, 0.25) is 0 Å². The van der Waals surface area contributed by atoms with Gasteiger partial charge in [-0.05, 0) is 55.0 Å². The van der Waals surface area contributed by atoms with Gasteiger partial charge in [-0.15, -0.1) is 0 Å². The summed E-state index contributed by atoms with van der Waals surface area (Å²) in [7, 11) is 0. The van der Waals surface area contributed by atoms with Crippen LogP contribution in [-0.2, 0) is 9.53 Å². The Kier molecular flexibility index (Phi) is 7.92. The van der Waals surface area contributed by atoms with Gasteiger partial charge in [0.05, 0.1) is 6.61 Å². The van der Waals surface area contributed by atoms with Crippen LogP contribution in [0.15, 0.2) is 54.6 Å². The predicted molar refractivity (Wildman–Crippen MR) is 83.9 cm³/mol. The summed E-state index contributed by atoms with van der Waals surface area (Å²) in [6.07, 6.45) is 3.58. The maximum absolute atomic E-state index is 12.5. The van der Waals surface area contributed by atoms with E-state index in [1.54, 1.807) is 25.1 Å². The maximum atomic E-state index is 12.5. The largest absolute Gasteiger partial charge is 0.463 e. The second-order valence-corrected chi connectivity index (χ2v) is 4.31. The van der Waals surface area contributed by atoms with Crippen molar-refractivity contribution in [2.75, 3.05) is 6.61 Å². The quantitative estimate of drug-likeness (QED) is 0.485. The first kappa shape index (κ1) is 18.2. The normalized spacial score (nSPS) is 9.87. The molecule has 0 amide bonds. The Morgan fingerprint density at radius 3 is 1.87 bits per heavy atom. The molecule has 0 N–H and O–H groups in total. The zero-order chi connectivity index (χ0) is 17.1. The zero-order valence-electron chi connectivity index (χ0n) is 12.5. The van der Waals surface area contributed by atoms with Crippen molar-refractivity contribution in [3.63, 3.8) is 0 Å². The van der Waals surface area contributed by atoms with E-state index in [9.17, 15) is 18.4 Å². The van der Waals surface area contributed by atoms with E-state index in [0.29, 0.717) is 18.5 Å². The van der Waals surface area contributed by atoms with Gasteiger partial charge in [0, 0.05) is 11.6 Å². The van der Waals surface area contributed by atoms with Crippen LogP contribution in [0.25, 0.3) is 6.08 Å². The maximum Gasteiger partial charge on any atom is 0.330 e. The number of ether oxygens (including phenoxy) is 1. The standard InChI is InChI=1S/C11H11FO2.C7H5FO/c1-2-14-11(13)8-5-9-3-6-10(12)7-4-9;8-7-3-1-6(5-9)2-4-7/h3-8H,2H2,1H3;1-5H/b8-5+;. The minimum absolute atomic E-state index is 0.293. The van der Waals surface area contributed by atoms with Crippen molar-refractivity contribution in [3.05, 3.63) is 77.4 Å². The van der Waals surface area contributed by atoms with Crippen LogP contribution in [0.5, 0.6) is 0 Å². The van der Waals surface area contributed by atoms with Gasteiger partial charge in [0.25, 0.3) is 0 Å². The molecule has 0 aliphatic carbocycles. The molecule has 120 valence electrons. The van der Waals surface area contributed by atoms with E-state index in [0.717, 1.165) is 5.56 Å². The lowest BCUT2D eigenvalue weighted by Crippen LogP contribution is -1.98. The van der Waals surface area contributed by atoms with E-state index in [2.05, 4.69) is 4.74 Å². The molecule has 0 bridgehead atoms. The minimum Gasteiger partial charge on any atom is -0.463 e. The van der Waals surface area contributed by atoms with Crippen LogP contribution in [0.1, 0.15) is 22.8 Å². The fraction of sp³-hybridized carbons (Fsp3) is 0.111. The molecule has 0 atom stereocenters. The Morgan fingerprint density at radius 1 is 0.957 bits per heavy atom. The van der Waals surface area contributed by atoms with Gasteiger partial charge in [0.2, 0.25) is 0 Å². The first-order valence-electron chi connectivity index (χ1n) is 6.86. The number of halogens is 2. The lowest BCUT2D eigenvalue weighted by Gasteiger charge is -1.95. The van der Waals surface area contributed by atoms with E-state index in [1.165, 1.54) is 42.5 Å². The fourth-order valence-corrected chi connectivity index (χ4v) is 1.47. The second-order valence-electron chi connectivity index (χ2n) is 4.31. The summed E-state index contributed by atoms with van der Waals surface area (Å²) in [5.41, 5.74) is 1.26. The first-order chi connectivity index (χ1) is 11.0. The van der Waals surface area contributed by atoms with E-state index < -0.39 is 5.97 Å². The van der Waals surface area contributed by atoms with Crippen molar-refractivity contribution in [3.8, 4) is 0 Å². The van der Waals surface area contributed by atoms with Crippen LogP contribution >= 0.6 is 0 Å². The molecular weight excluding hydrogens is 302 g/mol. The van der Waals surface area contributed by atoms with Crippen molar-refractivity contribution in [1.82, 2.24) is 0 Å². The molecule has 0 aliphatic rings. The molecule has 2 rings (SSSR count). The van der Waals surface area contributed by atoms with Gasteiger partial charge in [-0.3, -0.25) is 4.79 Å². The molecule has 0 spiro atoms. The number of hydrogen-bond acceptors (Lipinski definition) is 3. The molecule has 2 aromatic carbocycles. The number of rotatable bonds is 4. The molecular formula is C18H16F2O3. The van der Waals surface area contributed by atoms with Crippen molar-refractivity contribution >= 4 is 18.3 Å². The number of aldehydes is 1. The van der Waals surface area contributed by atoms with Gasteiger partial charge >= 0.3 is 5.97 Å². The average molecular weight is 318 g/mol. The van der Waals surface area contributed by atoms with Crippen LogP contribution in [0.4, 0.5) is 8.78 Å². The van der Waals surface area contributed by atoms with Crippen LogP contribution in [0.3, 0.4) is 0 Å². The Labute approximate surface area is 133 Å². The monoisotopic (exact) mass is 318 g/mol. The molecule has 5 heteroatoms. The van der Waals surface area contributed by atoms with Crippen molar-refractivity contribution in [2.24, 2.45) is 0 Å². The summed E-state index contributed by atoms with van der Waals surface area (Å²) in [6, 6.07) is 11.2. The summed E-state index contributed by atoms with van der Waals surface area (Å²) in [5, 5.41) is 0. The Morgan fingerprint density at radius 2 is 1.43 bits per heavy atom. The van der Waals surface area contributed by atoms with Gasteiger partial charge in [-0.1, -0.05) is 12.1 Å². The summed E-state index contributed by atoms with van der Waals surface area (Å²) in [4.78, 5) is 20.9. The second kappa shape index (κ2) is 10.00. The van der Waals surface area contributed by atoms with Crippen molar-refractivity contribution in [1.29, 1.82) is 0 Å². The highest BCUT2D eigenvalue weighted by Crippen LogP contribution is 2.04. The Bertz CT molecular complexity index is 647. The number of hydrogen-bond donors (Lipinski definition) is 0. The SMILES string of the molecule is CCOC(=O)/C=C/c1ccc(F)cc1.O=Cc1ccc(F)cc1. The van der Waals surface area contributed by atoms with E-state index >= 15 is 0 Å². The van der Waals surface area contributed by atoms with Gasteiger partial charge < -0.3 is 4.74 Å². The summed E-state index contributed by atoms with van der Waals surface area (Å²) in [5.74, 6) is -1.00. The highest BCUT2D eigenvalue weighted by molar-refractivity contribution is 5.86. The molecule has 0 saturated carbocycles. The third-order valence-electron chi connectivity index (χ3n) is 2.57. The molecule has 0 radical (unpaired) electrons. The molecule has 0 aromatic heterocycles. The molecule has 2 aromatic rings. The van der Waals surface area contributed by atoms with E-state index in [-0.39, 0.29) is 11.6 Å². The molecule has 0 aliphatic heterocycles. The van der Waals surface area contributed by atoms with Gasteiger partial charge in [-0.25, -0.2) is 13.6 Å². The van der Waals surface area contributed by atoms with E-state index in [1.807, 2.05) is 0 Å². The Hall–Kier alpha value is -2.82. The third-order valence-corrected chi connectivity index (χ3v) is 2.57. The molecule has 23 heavy (non-hydrogen) atoms. The minimum atomic E-state index is -0.392. The summed E-state index contributed by atoms with van der Waals surface area (Å²) >= 11 is 0. The zero-order valence-corrected chi connectivity index (χ0v) is 12.5. The number of carbonyl (C=O) groups excluding carboxylic acids is 2. The Balaban J connectivity index is 0.000000253. The van der Waals surface area contributed by atoms with Gasteiger partial charge in [0.15, 0.2) is 0 Å².